The quantitative estimate of drug-likeness (QED) is 0.183. The molecular formula is C49H51NO. The van der Waals surface area contributed by atoms with Crippen LogP contribution in [-0.2, 0) is 21.7 Å². The van der Waals surface area contributed by atoms with Crippen LogP contribution in [0.4, 0.5) is 5.69 Å². The van der Waals surface area contributed by atoms with E-state index < -0.39 is 0 Å². The topological polar surface area (TPSA) is 21.6 Å². The number of rotatable bonds is 4. The lowest BCUT2D eigenvalue weighted by atomic mass is 9.68. The first-order chi connectivity index (χ1) is 24.3. The van der Waals surface area contributed by atoms with Crippen LogP contribution in [0.25, 0.3) is 0 Å². The SMILES string of the molecule is CC(C)(C1=Nc2ccccc2C1(C)C)c1ccccc1.CC(C)(c1ccccc1)c1ccccc1.CC1(C)c2ccccc2Oc2ccccc21. The van der Waals surface area contributed by atoms with Crippen molar-refractivity contribution in [1.82, 2.24) is 0 Å². The smallest absolute Gasteiger partial charge is 0.131 e. The van der Waals surface area contributed by atoms with Crippen LogP contribution in [0.3, 0.4) is 0 Å². The largest absolute Gasteiger partial charge is 0.457 e. The van der Waals surface area contributed by atoms with Crippen molar-refractivity contribution in [2.24, 2.45) is 4.99 Å². The van der Waals surface area contributed by atoms with Crippen molar-refractivity contribution in [2.75, 3.05) is 0 Å². The van der Waals surface area contributed by atoms with Crippen molar-refractivity contribution in [3.05, 3.63) is 197 Å². The molecule has 0 unspecified atom stereocenters. The molecule has 0 bridgehead atoms. The van der Waals surface area contributed by atoms with Crippen LogP contribution in [0.15, 0.2) is 169 Å². The number of hydrogen-bond acceptors (Lipinski definition) is 2. The van der Waals surface area contributed by atoms with Gasteiger partial charge in [-0.3, -0.25) is 4.99 Å². The molecule has 8 rings (SSSR count). The molecule has 0 saturated carbocycles. The number of hydrogen-bond donors (Lipinski definition) is 0. The second-order valence-electron chi connectivity index (χ2n) is 15.7. The van der Waals surface area contributed by atoms with Crippen LogP contribution in [0.1, 0.15) is 88.8 Å². The van der Waals surface area contributed by atoms with Crippen molar-refractivity contribution in [2.45, 2.75) is 77.0 Å². The summed E-state index contributed by atoms with van der Waals surface area (Å²) in [5.74, 6) is 1.96. The Morgan fingerprint density at radius 1 is 0.392 bits per heavy atom. The van der Waals surface area contributed by atoms with E-state index in [1.807, 2.05) is 24.3 Å². The molecule has 0 radical (unpaired) electrons. The molecule has 0 N–H and O–H groups in total. The maximum absolute atomic E-state index is 5.91. The van der Waals surface area contributed by atoms with Crippen molar-refractivity contribution in [3.8, 4) is 11.5 Å². The zero-order valence-electron chi connectivity index (χ0n) is 31.4. The van der Waals surface area contributed by atoms with E-state index in [0.29, 0.717) is 0 Å². The monoisotopic (exact) mass is 669 g/mol. The molecule has 258 valence electrons. The van der Waals surface area contributed by atoms with E-state index in [9.17, 15) is 0 Å². The number of benzene rings is 6. The van der Waals surface area contributed by atoms with Gasteiger partial charge < -0.3 is 4.74 Å². The molecule has 0 fully saturated rings. The zero-order chi connectivity index (χ0) is 36.3. The molecule has 0 saturated heterocycles. The number of nitrogens with zero attached hydrogens (tertiary/aromatic N) is 1. The number of aliphatic imine (C=N–C) groups is 1. The van der Waals surface area contributed by atoms with Crippen LogP contribution in [0, 0.1) is 0 Å². The van der Waals surface area contributed by atoms with Gasteiger partial charge in [0.1, 0.15) is 11.5 Å². The summed E-state index contributed by atoms with van der Waals surface area (Å²) in [6.07, 6.45) is 0. The van der Waals surface area contributed by atoms with Crippen LogP contribution in [0.2, 0.25) is 0 Å². The molecule has 0 atom stereocenters. The molecule has 2 nitrogen and oxygen atoms in total. The Morgan fingerprint density at radius 3 is 1.18 bits per heavy atom. The molecule has 0 aromatic heterocycles. The minimum atomic E-state index is -0.0657. The van der Waals surface area contributed by atoms with E-state index >= 15 is 0 Å². The number of ether oxygens (including phenoxy) is 1. The summed E-state index contributed by atoms with van der Waals surface area (Å²) in [5, 5.41) is 0. The van der Waals surface area contributed by atoms with E-state index in [1.165, 1.54) is 39.1 Å². The van der Waals surface area contributed by atoms with E-state index in [1.54, 1.807) is 0 Å². The Bertz CT molecular complexity index is 2020. The predicted octanol–water partition coefficient (Wildman–Crippen LogP) is 13.2. The van der Waals surface area contributed by atoms with E-state index in [2.05, 4.69) is 195 Å². The molecule has 0 spiro atoms. The van der Waals surface area contributed by atoms with Crippen molar-refractivity contribution >= 4 is 11.4 Å². The molecule has 6 aromatic carbocycles. The van der Waals surface area contributed by atoms with Crippen LogP contribution < -0.4 is 4.74 Å². The van der Waals surface area contributed by atoms with Gasteiger partial charge in [-0.15, -0.1) is 0 Å². The summed E-state index contributed by atoms with van der Waals surface area (Å²) in [5.41, 5.74) is 10.3. The highest BCUT2D eigenvalue weighted by molar-refractivity contribution is 6.07. The molecule has 0 amide bonds. The highest BCUT2D eigenvalue weighted by Gasteiger charge is 2.43. The standard InChI is InChI=1S/C19H21N.C15H14O.C15H16/c1-18(2,14-10-6-5-7-11-14)17-19(3,4)15-12-8-9-13-16(15)20-17;1-15(2)11-7-3-5-9-13(11)16-14-10-6-4-8-12(14)15;1-15(2,13-9-5-3-6-10-13)14-11-7-4-8-12-14/h5-13H,1-4H3;3-10H,1-2H3;3-12H,1-2H3. The summed E-state index contributed by atoms with van der Waals surface area (Å²) in [7, 11) is 0. The normalized spacial score (nSPS) is 14.9. The lowest BCUT2D eigenvalue weighted by Gasteiger charge is -2.34. The van der Waals surface area contributed by atoms with E-state index in [-0.39, 0.29) is 21.7 Å². The minimum Gasteiger partial charge on any atom is -0.457 e. The fourth-order valence-electron chi connectivity index (χ4n) is 7.68. The van der Waals surface area contributed by atoms with Gasteiger partial charge in [0.15, 0.2) is 0 Å². The van der Waals surface area contributed by atoms with Crippen LogP contribution >= 0.6 is 0 Å². The highest BCUT2D eigenvalue weighted by Crippen LogP contribution is 2.48. The summed E-state index contributed by atoms with van der Waals surface area (Å²) >= 11 is 0. The molecule has 51 heavy (non-hydrogen) atoms. The summed E-state index contributed by atoms with van der Waals surface area (Å²) < 4.78 is 5.91. The fraction of sp³-hybridized carbons (Fsp3) is 0.245. The van der Waals surface area contributed by atoms with Crippen molar-refractivity contribution in [1.29, 1.82) is 0 Å². The average Bonchev–Trinajstić information content (AvgIpc) is 3.44. The highest BCUT2D eigenvalue weighted by atomic mass is 16.5. The Morgan fingerprint density at radius 2 is 0.745 bits per heavy atom. The van der Waals surface area contributed by atoms with Gasteiger partial charge in [-0.1, -0.05) is 201 Å². The predicted molar refractivity (Wildman–Crippen MR) is 216 cm³/mol. The first kappa shape index (κ1) is 35.6. The molecule has 2 heteroatoms. The van der Waals surface area contributed by atoms with Gasteiger partial charge in [-0.05, 0) is 40.5 Å². The lowest BCUT2D eigenvalue weighted by molar-refractivity contribution is 0.418. The van der Waals surface area contributed by atoms with Gasteiger partial charge in [0, 0.05) is 38.5 Å². The molecule has 0 aliphatic carbocycles. The van der Waals surface area contributed by atoms with Crippen molar-refractivity contribution < 1.29 is 4.74 Å². The van der Waals surface area contributed by atoms with Gasteiger partial charge in [-0.25, -0.2) is 0 Å². The third-order valence-electron chi connectivity index (χ3n) is 10.8. The average molecular weight is 670 g/mol. The van der Waals surface area contributed by atoms with Crippen LogP contribution in [0.5, 0.6) is 11.5 Å². The Hall–Kier alpha value is -5.21. The summed E-state index contributed by atoms with van der Waals surface area (Å²) in [4.78, 5) is 4.97. The van der Waals surface area contributed by atoms with Crippen LogP contribution in [-0.4, -0.2) is 5.71 Å². The van der Waals surface area contributed by atoms with Gasteiger partial charge in [0.2, 0.25) is 0 Å². The van der Waals surface area contributed by atoms with E-state index in [0.717, 1.165) is 17.2 Å². The number of para-hydroxylation sites is 3. The molecule has 2 heterocycles. The fourth-order valence-corrected chi connectivity index (χ4v) is 7.68. The van der Waals surface area contributed by atoms with Gasteiger partial charge in [-0.2, -0.15) is 0 Å². The Labute approximate surface area is 305 Å². The molecule has 2 aliphatic heterocycles. The van der Waals surface area contributed by atoms with Crippen molar-refractivity contribution in [3.63, 3.8) is 0 Å². The van der Waals surface area contributed by atoms with Gasteiger partial charge >= 0.3 is 0 Å². The van der Waals surface area contributed by atoms with Gasteiger partial charge in [0.05, 0.1) is 5.69 Å². The zero-order valence-corrected chi connectivity index (χ0v) is 31.4. The second-order valence-corrected chi connectivity index (χ2v) is 15.7. The Balaban J connectivity index is 0.000000133. The molecular weight excluding hydrogens is 619 g/mol. The maximum Gasteiger partial charge on any atom is 0.131 e. The first-order valence-corrected chi connectivity index (χ1v) is 18.1. The molecule has 6 aromatic rings. The summed E-state index contributed by atoms with van der Waals surface area (Å²) in [6, 6.07) is 56.9. The second kappa shape index (κ2) is 14.2. The minimum absolute atomic E-state index is 0.0179. The first-order valence-electron chi connectivity index (χ1n) is 18.1. The third kappa shape index (κ3) is 7.06. The van der Waals surface area contributed by atoms with E-state index in [4.69, 9.17) is 9.73 Å². The Kier molecular flexibility index (Phi) is 9.91. The molecule has 2 aliphatic rings. The van der Waals surface area contributed by atoms with Gasteiger partial charge in [0.25, 0.3) is 0 Å². The summed E-state index contributed by atoms with van der Waals surface area (Å²) in [6.45, 7) is 18.1. The third-order valence-corrected chi connectivity index (χ3v) is 10.8. The number of fused-ring (bicyclic) bond motifs is 3. The maximum atomic E-state index is 5.91. The lowest BCUT2D eigenvalue weighted by Crippen LogP contribution is -2.40.